The van der Waals surface area contributed by atoms with E-state index in [0.29, 0.717) is 5.57 Å². The van der Waals surface area contributed by atoms with E-state index >= 15 is 0 Å². The molecule has 2 saturated heterocycles. The van der Waals surface area contributed by atoms with Crippen molar-refractivity contribution in [2.45, 2.75) is 37.6 Å². The van der Waals surface area contributed by atoms with Gasteiger partial charge in [-0.3, -0.25) is 4.79 Å². The number of aliphatic hydroxyl groups excluding tert-OH is 1. The van der Waals surface area contributed by atoms with Crippen LogP contribution in [0.3, 0.4) is 0 Å². The van der Waals surface area contributed by atoms with Crippen LogP contribution in [-0.4, -0.2) is 52.4 Å². The first-order valence-corrected chi connectivity index (χ1v) is 6.79. The van der Waals surface area contributed by atoms with Crippen LogP contribution in [0, 0.1) is 10.8 Å². The molecule has 2 heterocycles. The van der Waals surface area contributed by atoms with Crippen LogP contribution >= 0.6 is 0 Å². The van der Waals surface area contributed by atoms with Gasteiger partial charge >= 0.3 is 11.9 Å². The van der Waals surface area contributed by atoms with Gasteiger partial charge in [0.05, 0.1) is 5.41 Å². The van der Waals surface area contributed by atoms with Crippen molar-refractivity contribution >= 4 is 17.7 Å². The zero-order valence-corrected chi connectivity index (χ0v) is 11.3. The fourth-order valence-electron chi connectivity index (χ4n) is 4.47. The number of hydrogen-bond donors (Lipinski definition) is 2. The van der Waals surface area contributed by atoms with Crippen LogP contribution in [0.15, 0.2) is 11.6 Å². The lowest BCUT2D eigenvalue weighted by Gasteiger charge is -2.56. The van der Waals surface area contributed by atoms with E-state index < -0.39 is 40.6 Å². The fourth-order valence-corrected chi connectivity index (χ4v) is 4.47. The Morgan fingerprint density at radius 2 is 2.05 bits per heavy atom. The van der Waals surface area contributed by atoms with Gasteiger partial charge in [-0.2, -0.15) is 0 Å². The van der Waals surface area contributed by atoms with Gasteiger partial charge in [0, 0.05) is 18.3 Å². The zero-order valence-electron chi connectivity index (χ0n) is 11.3. The molecule has 112 valence electrons. The molecule has 0 aromatic rings. The van der Waals surface area contributed by atoms with E-state index in [1.807, 2.05) is 0 Å². The van der Waals surface area contributed by atoms with Crippen LogP contribution in [0.5, 0.6) is 0 Å². The summed E-state index contributed by atoms with van der Waals surface area (Å²) < 4.78 is 10.1. The minimum atomic E-state index is -2.01. The minimum Gasteiger partial charge on any atom is -0.462 e. The number of ketones is 1. The average molecular weight is 294 g/mol. The molecule has 2 aliphatic carbocycles. The summed E-state index contributed by atoms with van der Waals surface area (Å²) >= 11 is 0. The second-order valence-electron chi connectivity index (χ2n) is 6.56. The van der Waals surface area contributed by atoms with E-state index in [1.54, 1.807) is 6.92 Å². The predicted octanol–water partition coefficient (Wildman–Crippen LogP) is -1.14. The molecule has 5 atom stereocenters. The van der Waals surface area contributed by atoms with Crippen molar-refractivity contribution in [3.8, 4) is 0 Å². The molecule has 7 nitrogen and oxygen atoms in total. The zero-order chi connectivity index (χ0) is 15.2. The summed E-state index contributed by atoms with van der Waals surface area (Å²) in [6.07, 6.45) is -1.22. The summed E-state index contributed by atoms with van der Waals surface area (Å²) in [5.74, 6) is -2.00. The number of esters is 2. The molecule has 7 heteroatoms. The van der Waals surface area contributed by atoms with Gasteiger partial charge in [0.2, 0.25) is 5.60 Å². The van der Waals surface area contributed by atoms with Gasteiger partial charge in [0.15, 0.2) is 11.9 Å². The molecule has 2 aliphatic heterocycles. The molecule has 2 bridgehead atoms. The Labute approximate surface area is 119 Å². The second kappa shape index (κ2) is 3.36. The highest BCUT2D eigenvalue weighted by Gasteiger charge is 2.77. The molecule has 3 fully saturated rings. The number of allylic oxidation sites excluding steroid dienone is 1. The summed E-state index contributed by atoms with van der Waals surface area (Å²) in [6, 6.07) is 0. The minimum absolute atomic E-state index is 0.0189. The van der Waals surface area contributed by atoms with Crippen molar-refractivity contribution in [1.29, 1.82) is 0 Å². The highest BCUT2D eigenvalue weighted by atomic mass is 16.6. The van der Waals surface area contributed by atoms with Crippen molar-refractivity contribution in [3.05, 3.63) is 11.6 Å². The highest BCUT2D eigenvalue weighted by Crippen LogP contribution is 2.65. The maximum atomic E-state index is 12.1. The molecule has 0 aromatic carbocycles. The van der Waals surface area contributed by atoms with E-state index in [9.17, 15) is 24.6 Å². The third-order valence-corrected chi connectivity index (χ3v) is 5.59. The number of cyclic esters (lactones) is 1. The average Bonchev–Trinajstić information content (AvgIpc) is 2.88. The fraction of sp³-hybridized carbons (Fsp3) is 0.643. The maximum Gasteiger partial charge on any atom is 0.343 e. The van der Waals surface area contributed by atoms with Crippen LogP contribution in [0.2, 0.25) is 0 Å². The van der Waals surface area contributed by atoms with Gasteiger partial charge in [-0.15, -0.1) is 0 Å². The van der Waals surface area contributed by atoms with Gasteiger partial charge in [0.1, 0.15) is 12.7 Å². The Kier molecular flexibility index (Phi) is 2.08. The second-order valence-corrected chi connectivity index (χ2v) is 6.56. The monoisotopic (exact) mass is 294 g/mol. The Balaban J connectivity index is 2.00. The molecule has 1 saturated carbocycles. The Morgan fingerprint density at radius 3 is 2.76 bits per heavy atom. The van der Waals surface area contributed by atoms with Crippen LogP contribution in [-0.2, 0) is 23.9 Å². The van der Waals surface area contributed by atoms with E-state index in [-0.39, 0.29) is 25.2 Å². The molecule has 1 spiro atoms. The number of hydrogen-bond acceptors (Lipinski definition) is 7. The van der Waals surface area contributed by atoms with Crippen molar-refractivity contribution in [1.82, 2.24) is 0 Å². The van der Waals surface area contributed by atoms with Gasteiger partial charge in [-0.05, 0) is 18.6 Å². The first-order chi connectivity index (χ1) is 9.75. The lowest BCUT2D eigenvalue weighted by molar-refractivity contribution is -0.228. The van der Waals surface area contributed by atoms with Crippen LogP contribution in [0.25, 0.3) is 0 Å². The van der Waals surface area contributed by atoms with Gasteiger partial charge in [0.25, 0.3) is 0 Å². The van der Waals surface area contributed by atoms with E-state index in [2.05, 4.69) is 0 Å². The van der Waals surface area contributed by atoms with Crippen molar-refractivity contribution in [2.24, 2.45) is 10.8 Å². The van der Waals surface area contributed by atoms with E-state index in [4.69, 9.17) is 9.47 Å². The number of rotatable bonds is 0. The Bertz CT molecular complexity index is 637. The van der Waals surface area contributed by atoms with Crippen molar-refractivity contribution < 1.29 is 34.1 Å². The lowest BCUT2D eigenvalue weighted by Crippen LogP contribution is -2.70. The first-order valence-electron chi connectivity index (χ1n) is 6.79. The third kappa shape index (κ3) is 1.14. The Morgan fingerprint density at radius 1 is 1.33 bits per heavy atom. The van der Waals surface area contributed by atoms with Crippen LogP contribution in [0.4, 0.5) is 0 Å². The smallest absolute Gasteiger partial charge is 0.343 e. The van der Waals surface area contributed by atoms with Gasteiger partial charge in [-0.25, -0.2) is 9.59 Å². The molecule has 4 aliphatic rings. The normalized spacial score (nSPS) is 51.0. The third-order valence-electron chi connectivity index (χ3n) is 5.59. The number of fused-ring (bicyclic) bond motifs is 4. The van der Waals surface area contributed by atoms with Gasteiger partial charge in [-0.1, -0.05) is 0 Å². The van der Waals surface area contributed by atoms with Crippen molar-refractivity contribution in [2.75, 3.05) is 6.61 Å². The molecule has 0 unspecified atom stereocenters. The maximum absolute atomic E-state index is 12.1. The molecule has 0 radical (unpaired) electrons. The SMILES string of the molecule is C[C@@]12COC(=O)[C@]1(O)[C@H]1C[C@]3(CC(=O)C=C32)[C@H](O)C(=O)O1. The summed E-state index contributed by atoms with van der Waals surface area (Å²) in [5.41, 5.74) is -3.86. The molecule has 2 N–H and O–H groups in total. The number of carbonyl (C=O) groups excluding carboxylic acids is 3. The molecular weight excluding hydrogens is 280 g/mol. The van der Waals surface area contributed by atoms with E-state index in [1.165, 1.54) is 6.08 Å². The first kappa shape index (κ1) is 13.0. The summed E-state index contributed by atoms with van der Waals surface area (Å²) in [6.45, 7) is 1.50. The van der Waals surface area contributed by atoms with Crippen LogP contribution in [0.1, 0.15) is 19.8 Å². The van der Waals surface area contributed by atoms with Crippen LogP contribution < -0.4 is 0 Å². The molecule has 4 rings (SSSR count). The molecule has 0 aromatic heterocycles. The highest BCUT2D eigenvalue weighted by molar-refractivity contribution is 5.99. The predicted molar refractivity (Wildman–Crippen MR) is 64.7 cm³/mol. The number of aliphatic hydroxyl groups is 2. The standard InChI is InChI=1S/C14H14O7/c1-12-5-20-11(18)14(12,19)8-4-13(9(16)10(17)21-8)3-6(15)2-7(12)13/h2,8-9,16,19H,3-5H2,1H3/t8-,9-,12+,13+,14-/m1/s1. The van der Waals surface area contributed by atoms with Crippen molar-refractivity contribution in [3.63, 3.8) is 0 Å². The van der Waals surface area contributed by atoms with E-state index in [0.717, 1.165) is 0 Å². The lowest BCUT2D eigenvalue weighted by atomic mass is 9.51. The quantitative estimate of drug-likeness (QED) is 0.543. The topological polar surface area (TPSA) is 110 Å². The molecule has 21 heavy (non-hydrogen) atoms. The Hall–Kier alpha value is -1.73. The number of ether oxygens (including phenoxy) is 2. The summed E-state index contributed by atoms with van der Waals surface area (Å²) in [7, 11) is 0. The summed E-state index contributed by atoms with van der Waals surface area (Å²) in [4.78, 5) is 35.9. The molecular formula is C14H14O7. The largest absolute Gasteiger partial charge is 0.462 e. The molecule has 0 amide bonds. The van der Waals surface area contributed by atoms with Gasteiger partial charge < -0.3 is 19.7 Å². The summed E-state index contributed by atoms with van der Waals surface area (Å²) in [5, 5.41) is 21.2. The number of carbonyl (C=O) groups is 3.